The van der Waals surface area contributed by atoms with Gasteiger partial charge in [-0.1, -0.05) is 44.0 Å². The van der Waals surface area contributed by atoms with Gasteiger partial charge in [-0.05, 0) is 54.9 Å². The largest absolute Gasteiger partial charge is 0.319 e. The molecule has 0 aliphatic rings. The summed E-state index contributed by atoms with van der Waals surface area (Å²) in [7, 11) is 1.94. The molecule has 0 saturated carbocycles. The minimum atomic E-state index is -0.194. The van der Waals surface area contributed by atoms with Crippen molar-refractivity contribution in [3.8, 4) is 0 Å². The normalized spacial score (nSPS) is 12.4. The van der Waals surface area contributed by atoms with E-state index >= 15 is 0 Å². The third-order valence-corrected chi connectivity index (χ3v) is 4.51. The predicted octanol–water partition coefficient (Wildman–Crippen LogP) is 4.90. The third-order valence-electron chi connectivity index (χ3n) is 3.24. The standard InChI is InChI=1S/C16H16Br2FN/c1-20-10-13(11-3-2-4-14(17)8-11)7-12-9-15(19)5-6-16(12)18/h2-6,8-9,13,20H,7,10H2,1H3. The van der Waals surface area contributed by atoms with Crippen LogP contribution in [0, 0.1) is 5.82 Å². The fraction of sp³-hybridized carbons (Fsp3) is 0.250. The molecule has 0 amide bonds. The number of benzene rings is 2. The second kappa shape index (κ2) is 7.34. The molecular formula is C16H16Br2FN. The molecule has 106 valence electrons. The summed E-state index contributed by atoms with van der Waals surface area (Å²) < 4.78 is 15.4. The molecule has 1 unspecified atom stereocenters. The van der Waals surface area contributed by atoms with Crippen LogP contribution in [0.3, 0.4) is 0 Å². The quantitative estimate of drug-likeness (QED) is 0.752. The van der Waals surface area contributed by atoms with Crippen molar-refractivity contribution in [2.75, 3.05) is 13.6 Å². The van der Waals surface area contributed by atoms with E-state index in [9.17, 15) is 4.39 Å². The lowest BCUT2D eigenvalue weighted by molar-refractivity contribution is 0.607. The van der Waals surface area contributed by atoms with E-state index in [1.54, 1.807) is 12.1 Å². The lowest BCUT2D eigenvalue weighted by atomic mass is 9.92. The van der Waals surface area contributed by atoms with Gasteiger partial charge in [-0.25, -0.2) is 4.39 Å². The van der Waals surface area contributed by atoms with Crippen molar-refractivity contribution in [3.63, 3.8) is 0 Å². The molecule has 0 saturated heterocycles. The number of halogens is 3. The summed E-state index contributed by atoms with van der Waals surface area (Å²) in [6.07, 6.45) is 0.787. The molecule has 1 nitrogen and oxygen atoms in total. The summed E-state index contributed by atoms with van der Waals surface area (Å²) in [5, 5.41) is 3.22. The highest BCUT2D eigenvalue weighted by molar-refractivity contribution is 9.10. The predicted molar refractivity (Wildman–Crippen MR) is 88.6 cm³/mol. The summed E-state index contributed by atoms with van der Waals surface area (Å²) in [5.41, 5.74) is 2.23. The molecule has 1 N–H and O–H groups in total. The third kappa shape index (κ3) is 4.14. The van der Waals surface area contributed by atoms with Crippen LogP contribution in [-0.4, -0.2) is 13.6 Å². The van der Waals surface area contributed by atoms with Gasteiger partial charge in [0.2, 0.25) is 0 Å². The van der Waals surface area contributed by atoms with Gasteiger partial charge in [0.05, 0.1) is 0 Å². The Morgan fingerprint density at radius 1 is 1.15 bits per heavy atom. The van der Waals surface area contributed by atoms with E-state index in [2.05, 4.69) is 49.3 Å². The number of rotatable bonds is 5. The molecule has 0 spiro atoms. The molecule has 2 aromatic rings. The zero-order valence-corrected chi connectivity index (χ0v) is 14.3. The van der Waals surface area contributed by atoms with Crippen LogP contribution < -0.4 is 5.32 Å². The van der Waals surface area contributed by atoms with Crippen LogP contribution in [0.4, 0.5) is 4.39 Å². The molecule has 0 heterocycles. The first kappa shape index (κ1) is 15.7. The van der Waals surface area contributed by atoms with Crippen molar-refractivity contribution >= 4 is 31.9 Å². The Labute approximate surface area is 135 Å². The Kier molecular flexibility index (Phi) is 5.75. The maximum Gasteiger partial charge on any atom is 0.123 e. The van der Waals surface area contributed by atoms with Crippen LogP contribution in [0.25, 0.3) is 0 Å². The van der Waals surface area contributed by atoms with E-state index < -0.39 is 0 Å². The molecule has 0 aromatic heterocycles. The molecule has 2 aromatic carbocycles. The molecule has 0 bridgehead atoms. The van der Waals surface area contributed by atoms with Crippen LogP contribution in [0.15, 0.2) is 51.4 Å². The van der Waals surface area contributed by atoms with Gasteiger partial charge >= 0.3 is 0 Å². The van der Waals surface area contributed by atoms with E-state index in [4.69, 9.17) is 0 Å². The zero-order chi connectivity index (χ0) is 14.5. The van der Waals surface area contributed by atoms with Crippen molar-refractivity contribution in [2.24, 2.45) is 0 Å². The number of nitrogens with one attached hydrogen (secondary N) is 1. The maximum absolute atomic E-state index is 13.4. The molecular weight excluding hydrogens is 385 g/mol. The van der Waals surface area contributed by atoms with Crippen molar-refractivity contribution in [1.82, 2.24) is 5.32 Å². The SMILES string of the molecule is CNCC(Cc1cc(F)ccc1Br)c1cccc(Br)c1. The molecule has 2 rings (SSSR count). The van der Waals surface area contributed by atoms with Crippen LogP contribution >= 0.6 is 31.9 Å². The summed E-state index contributed by atoms with van der Waals surface area (Å²) >= 11 is 7.00. The van der Waals surface area contributed by atoms with Gasteiger partial charge in [-0.2, -0.15) is 0 Å². The summed E-state index contributed by atoms with van der Waals surface area (Å²) in [5.74, 6) is 0.108. The van der Waals surface area contributed by atoms with Gasteiger partial charge in [0, 0.05) is 21.4 Å². The molecule has 20 heavy (non-hydrogen) atoms. The van der Waals surface area contributed by atoms with Crippen molar-refractivity contribution < 1.29 is 4.39 Å². The zero-order valence-electron chi connectivity index (χ0n) is 11.2. The van der Waals surface area contributed by atoms with Crippen molar-refractivity contribution in [1.29, 1.82) is 0 Å². The topological polar surface area (TPSA) is 12.0 Å². The lowest BCUT2D eigenvalue weighted by Crippen LogP contribution is -2.19. The fourth-order valence-electron chi connectivity index (χ4n) is 2.28. The Hall–Kier alpha value is -0.710. The Morgan fingerprint density at radius 3 is 2.65 bits per heavy atom. The smallest absolute Gasteiger partial charge is 0.123 e. The van der Waals surface area contributed by atoms with Crippen LogP contribution in [0.2, 0.25) is 0 Å². The highest BCUT2D eigenvalue weighted by Crippen LogP contribution is 2.27. The second-order valence-electron chi connectivity index (χ2n) is 4.75. The Morgan fingerprint density at radius 2 is 1.95 bits per heavy atom. The van der Waals surface area contributed by atoms with Gasteiger partial charge in [0.1, 0.15) is 5.82 Å². The van der Waals surface area contributed by atoms with E-state index in [0.717, 1.165) is 27.5 Å². The first-order valence-corrected chi connectivity index (χ1v) is 8.02. The van der Waals surface area contributed by atoms with Gasteiger partial charge in [-0.3, -0.25) is 0 Å². The van der Waals surface area contributed by atoms with Gasteiger partial charge in [0.15, 0.2) is 0 Å². The van der Waals surface area contributed by atoms with E-state index in [1.165, 1.54) is 11.6 Å². The van der Waals surface area contributed by atoms with Crippen molar-refractivity contribution in [2.45, 2.75) is 12.3 Å². The van der Waals surface area contributed by atoms with E-state index in [0.29, 0.717) is 5.92 Å². The fourth-order valence-corrected chi connectivity index (χ4v) is 3.11. The lowest BCUT2D eigenvalue weighted by Gasteiger charge is -2.18. The molecule has 0 aliphatic heterocycles. The first-order valence-electron chi connectivity index (χ1n) is 6.44. The molecule has 4 heteroatoms. The number of likely N-dealkylation sites (N-methyl/N-ethyl adjacent to an activating group) is 1. The highest BCUT2D eigenvalue weighted by Gasteiger charge is 2.14. The second-order valence-corrected chi connectivity index (χ2v) is 6.52. The average molecular weight is 401 g/mol. The maximum atomic E-state index is 13.4. The van der Waals surface area contributed by atoms with Crippen LogP contribution in [0.1, 0.15) is 17.0 Å². The van der Waals surface area contributed by atoms with E-state index in [1.807, 2.05) is 19.2 Å². The molecule has 0 radical (unpaired) electrons. The Balaban J connectivity index is 2.27. The Bertz CT molecular complexity index is 586. The molecule has 0 fully saturated rings. The average Bonchev–Trinajstić information content (AvgIpc) is 2.42. The van der Waals surface area contributed by atoms with Gasteiger partial charge in [0.25, 0.3) is 0 Å². The minimum Gasteiger partial charge on any atom is -0.319 e. The number of hydrogen-bond acceptors (Lipinski definition) is 1. The molecule has 1 atom stereocenters. The van der Waals surface area contributed by atoms with Gasteiger partial charge in [-0.15, -0.1) is 0 Å². The van der Waals surface area contributed by atoms with Gasteiger partial charge < -0.3 is 5.32 Å². The van der Waals surface area contributed by atoms with Crippen molar-refractivity contribution in [3.05, 3.63) is 68.4 Å². The van der Waals surface area contributed by atoms with Crippen LogP contribution in [0.5, 0.6) is 0 Å². The van der Waals surface area contributed by atoms with E-state index in [-0.39, 0.29) is 5.82 Å². The first-order chi connectivity index (χ1) is 9.60. The summed E-state index contributed by atoms with van der Waals surface area (Å²) in [4.78, 5) is 0. The number of hydrogen-bond donors (Lipinski definition) is 1. The minimum absolute atomic E-state index is 0.194. The molecule has 0 aliphatic carbocycles. The highest BCUT2D eigenvalue weighted by atomic mass is 79.9. The summed E-state index contributed by atoms with van der Waals surface area (Å²) in [6, 6.07) is 13.1. The summed E-state index contributed by atoms with van der Waals surface area (Å²) in [6.45, 7) is 0.847. The van der Waals surface area contributed by atoms with Crippen LogP contribution in [-0.2, 0) is 6.42 Å². The monoisotopic (exact) mass is 399 g/mol.